The van der Waals surface area contributed by atoms with Crippen molar-refractivity contribution >= 4 is 28.8 Å². The smallest absolute Gasteiger partial charge is 0.338 e. The van der Waals surface area contributed by atoms with Crippen LogP contribution in [0.2, 0.25) is 0 Å². The molecule has 0 bridgehead atoms. The van der Waals surface area contributed by atoms with Crippen molar-refractivity contribution in [3.05, 3.63) is 82.2 Å². The molecule has 1 amide bonds. The highest BCUT2D eigenvalue weighted by molar-refractivity contribution is 8.16. The van der Waals surface area contributed by atoms with Crippen molar-refractivity contribution in [2.24, 2.45) is 4.99 Å². The van der Waals surface area contributed by atoms with Crippen molar-refractivity contribution in [3.63, 3.8) is 0 Å². The predicted molar refractivity (Wildman–Crippen MR) is 123 cm³/mol. The van der Waals surface area contributed by atoms with Crippen LogP contribution in [-0.2, 0) is 20.9 Å². The number of allylic oxidation sites excluding steroid dienone is 1. The number of carbonyl (C=O) groups excluding carboxylic acids is 2. The normalized spacial score (nSPS) is 17.6. The fraction of sp³-hybridized carbons (Fsp3) is 0.292. The van der Waals surface area contributed by atoms with Gasteiger partial charge < -0.3 is 19.4 Å². The molecule has 1 atom stereocenters. The van der Waals surface area contributed by atoms with E-state index in [1.807, 2.05) is 5.41 Å². The van der Waals surface area contributed by atoms with Gasteiger partial charge in [-0.25, -0.2) is 14.2 Å². The van der Waals surface area contributed by atoms with Gasteiger partial charge >= 0.3 is 5.97 Å². The summed E-state index contributed by atoms with van der Waals surface area (Å²) in [7, 11) is 0. The number of thioether (sulfide) groups is 1. The molecule has 2 aliphatic rings. The maximum absolute atomic E-state index is 15.0. The molecule has 0 radical (unpaired) electrons. The molecule has 9 heteroatoms. The summed E-state index contributed by atoms with van der Waals surface area (Å²) >= 11 is 1.33. The zero-order chi connectivity index (χ0) is 23.5. The van der Waals surface area contributed by atoms with E-state index < -0.39 is 17.8 Å². The number of furan rings is 1. The van der Waals surface area contributed by atoms with E-state index in [9.17, 15) is 14.0 Å². The number of halogens is 1. The Balaban J connectivity index is 1.65. The van der Waals surface area contributed by atoms with E-state index in [0.717, 1.165) is 0 Å². The van der Waals surface area contributed by atoms with E-state index in [-0.39, 0.29) is 30.5 Å². The highest BCUT2D eigenvalue weighted by Crippen LogP contribution is 2.45. The van der Waals surface area contributed by atoms with Crippen LogP contribution >= 0.6 is 11.8 Å². The molecular weight excluding hydrogens is 445 g/mol. The minimum atomic E-state index is -0.802. The van der Waals surface area contributed by atoms with Gasteiger partial charge in [-0.2, -0.15) is 0 Å². The lowest BCUT2D eigenvalue weighted by Gasteiger charge is -2.36. The third kappa shape index (κ3) is 4.88. The number of esters is 1. The summed E-state index contributed by atoms with van der Waals surface area (Å²) < 4.78 is 25.7. The molecule has 1 aromatic carbocycles. The summed E-state index contributed by atoms with van der Waals surface area (Å²) in [6.07, 6.45) is 1.22. The molecule has 4 rings (SSSR count). The largest absolute Gasteiger partial charge is 0.467 e. The van der Waals surface area contributed by atoms with E-state index in [0.29, 0.717) is 27.9 Å². The molecule has 0 saturated carbocycles. The van der Waals surface area contributed by atoms with Gasteiger partial charge in [0.15, 0.2) is 5.17 Å². The number of amides is 1. The minimum Gasteiger partial charge on any atom is -0.467 e. The molecule has 0 fully saturated rings. The lowest BCUT2D eigenvalue weighted by molar-refractivity contribution is -0.143. The van der Waals surface area contributed by atoms with Crippen LogP contribution in [0.1, 0.15) is 44.6 Å². The van der Waals surface area contributed by atoms with Crippen LogP contribution in [0.5, 0.6) is 0 Å². The lowest BCUT2D eigenvalue weighted by Crippen LogP contribution is -2.38. The number of fused-ring (bicyclic) bond motifs is 1. The molecule has 1 aromatic heterocycles. The van der Waals surface area contributed by atoms with Crippen molar-refractivity contribution in [1.82, 2.24) is 10.2 Å². The number of benzene rings is 1. The van der Waals surface area contributed by atoms with Gasteiger partial charge in [0.05, 0.1) is 42.6 Å². The van der Waals surface area contributed by atoms with E-state index >= 15 is 0 Å². The number of hydrogen-bond acceptors (Lipinski definition) is 7. The van der Waals surface area contributed by atoms with Gasteiger partial charge in [0.1, 0.15) is 11.6 Å². The van der Waals surface area contributed by atoms with E-state index in [2.05, 4.69) is 10.3 Å². The molecule has 0 saturated heterocycles. The average Bonchev–Trinajstić information content (AvgIpc) is 3.41. The molecule has 1 unspecified atom stereocenters. The van der Waals surface area contributed by atoms with E-state index in [4.69, 9.17) is 9.15 Å². The number of rotatable bonds is 7. The zero-order valence-corrected chi connectivity index (χ0v) is 19.3. The predicted octanol–water partition coefficient (Wildman–Crippen LogP) is 4.65. The number of aliphatic imine (C=N–C) groups is 1. The Labute approximate surface area is 195 Å². The molecular formula is C24H24FN3O4S. The van der Waals surface area contributed by atoms with Crippen LogP contribution in [0.25, 0.3) is 0 Å². The number of ether oxygens (including phenoxy) is 1. The Hall–Kier alpha value is -3.33. The SMILES string of the molecule is CC1=C(C(=O)OC(C)C)C(c2ccccc2F)N2C(CC(=O)NCc3ccco3)=CSC2=N1. The van der Waals surface area contributed by atoms with Crippen molar-refractivity contribution < 1.29 is 23.1 Å². The van der Waals surface area contributed by atoms with Crippen molar-refractivity contribution in [2.45, 2.75) is 45.9 Å². The molecule has 172 valence electrons. The molecule has 3 heterocycles. The number of amidine groups is 1. The first-order valence-electron chi connectivity index (χ1n) is 10.5. The van der Waals surface area contributed by atoms with Gasteiger partial charge in [0, 0.05) is 11.3 Å². The van der Waals surface area contributed by atoms with Crippen LogP contribution in [0.3, 0.4) is 0 Å². The summed E-state index contributed by atoms with van der Waals surface area (Å²) in [5.41, 5.74) is 1.64. The third-order valence-electron chi connectivity index (χ3n) is 5.14. The van der Waals surface area contributed by atoms with Crippen LogP contribution < -0.4 is 5.32 Å². The fourth-order valence-corrected chi connectivity index (χ4v) is 4.69. The summed E-state index contributed by atoms with van der Waals surface area (Å²) in [5, 5.41) is 5.20. The molecule has 2 aromatic rings. The van der Waals surface area contributed by atoms with E-state index in [1.165, 1.54) is 17.8 Å². The maximum atomic E-state index is 15.0. The topological polar surface area (TPSA) is 84.1 Å². The van der Waals surface area contributed by atoms with Gasteiger partial charge in [0.2, 0.25) is 5.91 Å². The Kier molecular flexibility index (Phi) is 6.69. The van der Waals surface area contributed by atoms with Gasteiger partial charge in [-0.05, 0) is 44.4 Å². The highest BCUT2D eigenvalue weighted by Gasteiger charge is 2.42. The molecule has 33 heavy (non-hydrogen) atoms. The zero-order valence-electron chi connectivity index (χ0n) is 18.5. The molecule has 2 aliphatic heterocycles. The maximum Gasteiger partial charge on any atom is 0.338 e. The monoisotopic (exact) mass is 469 g/mol. The first-order chi connectivity index (χ1) is 15.8. The van der Waals surface area contributed by atoms with Crippen molar-refractivity contribution in [2.75, 3.05) is 0 Å². The number of hydrogen-bond donors (Lipinski definition) is 1. The van der Waals surface area contributed by atoms with Crippen LogP contribution in [-0.4, -0.2) is 28.0 Å². The van der Waals surface area contributed by atoms with E-state index in [1.54, 1.807) is 62.3 Å². The van der Waals surface area contributed by atoms with Crippen molar-refractivity contribution in [3.8, 4) is 0 Å². The quantitative estimate of drug-likeness (QED) is 0.594. The number of nitrogens with zero attached hydrogens (tertiary/aromatic N) is 2. The minimum absolute atomic E-state index is 0.0310. The Morgan fingerprint density at radius 3 is 2.76 bits per heavy atom. The summed E-state index contributed by atoms with van der Waals surface area (Å²) in [5.74, 6) is -0.605. The molecule has 1 N–H and O–H groups in total. The van der Waals surface area contributed by atoms with Crippen LogP contribution in [0, 0.1) is 5.82 Å². The number of carbonyl (C=O) groups is 2. The second-order valence-corrected chi connectivity index (χ2v) is 8.74. The second kappa shape index (κ2) is 9.66. The summed E-state index contributed by atoms with van der Waals surface area (Å²) in [4.78, 5) is 32.0. The fourth-order valence-electron chi connectivity index (χ4n) is 3.73. The first kappa shape index (κ1) is 22.8. The Bertz CT molecular complexity index is 1150. The van der Waals surface area contributed by atoms with Gasteiger partial charge in [-0.3, -0.25) is 4.79 Å². The average molecular weight is 470 g/mol. The molecule has 0 spiro atoms. The van der Waals surface area contributed by atoms with Gasteiger partial charge in [-0.15, -0.1) is 0 Å². The van der Waals surface area contributed by atoms with Gasteiger partial charge in [-0.1, -0.05) is 30.0 Å². The van der Waals surface area contributed by atoms with Gasteiger partial charge in [0.25, 0.3) is 0 Å². The highest BCUT2D eigenvalue weighted by atomic mass is 32.2. The van der Waals surface area contributed by atoms with Crippen molar-refractivity contribution in [1.29, 1.82) is 0 Å². The van der Waals surface area contributed by atoms with Crippen LogP contribution in [0.15, 0.2) is 74.4 Å². The number of nitrogens with one attached hydrogen (secondary N) is 1. The Morgan fingerprint density at radius 2 is 2.06 bits per heavy atom. The second-order valence-electron chi connectivity index (χ2n) is 7.90. The van der Waals surface area contributed by atoms with Crippen LogP contribution in [0.4, 0.5) is 4.39 Å². The lowest BCUT2D eigenvalue weighted by atomic mass is 9.93. The summed E-state index contributed by atoms with van der Waals surface area (Å²) in [6.45, 7) is 5.48. The third-order valence-corrected chi connectivity index (χ3v) is 6.03. The molecule has 7 nitrogen and oxygen atoms in total. The molecule has 0 aliphatic carbocycles. The summed E-state index contributed by atoms with van der Waals surface area (Å²) in [6, 6.07) is 9.02. The Morgan fingerprint density at radius 1 is 1.27 bits per heavy atom. The standard InChI is InChI=1S/C24H24FN3O4S/c1-14(2)32-23(30)21-15(3)27-24-28(22(21)18-8-4-5-9-19(18)25)16(13-33-24)11-20(29)26-12-17-7-6-10-31-17/h4-10,13-14,22H,11-12H2,1-3H3,(H,26,29). The first-order valence-corrected chi connectivity index (χ1v) is 11.4.